The lowest BCUT2D eigenvalue weighted by molar-refractivity contribution is 0.198. The Bertz CT molecular complexity index is 551. The topological polar surface area (TPSA) is 27.6 Å². The number of nitrogens with zero attached hydrogens (tertiary/aromatic N) is 2. The molecule has 22 heavy (non-hydrogen) atoms. The number of benzene rings is 1. The lowest BCUT2D eigenvalue weighted by Gasteiger charge is -2.38. The molecule has 1 N–H and O–H groups in total. The number of hydrogen-bond acceptors (Lipinski definition) is 4. The van der Waals surface area contributed by atoms with Crippen molar-refractivity contribution >= 4 is 22.6 Å². The third kappa shape index (κ3) is 3.04. The highest BCUT2D eigenvalue weighted by molar-refractivity contribution is 8.14. The Morgan fingerprint density at radius 3 is 2.77 bits per heavy atom. The summed E-state index contributed by atoms with van der Waals surface area (Å²) in [6.07, 6.45) is 8.28. The SMILES string of the molecule is c1ccc2c(c1)CN=C(SC1CCCC[C@H]1N1CCCC1)N2. The van der Waals surface area contributed by atoms with Gasteiger partial charge in [-0.05, 0) is 50.4 Å². The van der Waals surface area contributed by atoms with Gasteiger partial charge in [-0.15, -0.1) is 0 Å². The number of nitrogens with one attached hydrogen (secondary N) is 1. The van der Waals surface area contributed by atoms with E-state index < -0.39 is 0 Å². The van der Waals surface area contributed by atoms with E-state index in [0.717, 1.165) is 17.8 Å². The zero-order valence-electron chi connectivity index (χ0n) is 13.1. The molecule has 2 heterocycles. The summed E-state index contributed by atoms with van der Waals surface area (Å²) in [6, 6.07) is 9.30. The molecule has 0 aromatic heterocycles. The summed E-state index contributed by atoms with van der Waals surface area (Å²) < 4.78 is 0. The quantitative estimate of drug-likeness (QED) is 0.890. The monoisotopic (exact) mass is 315 g/mol. The van der Waals surface area contributed by atoms with E-state index in [1.54, 1.807) is 0 Å². The molecule has 2 fully saturated rings. The molecule has 1 aliphatic carbocycles. The molecule has 3 aliphatic rings. The van der Waals surface area contributed by atoms with Crippen LogP contribution in [0.3, 0.4) is 0 Å². The van der Waals surface area contributed by atoms with Crippen LogP contribution in [0, 0.1) is 0 Å². The van der Waals surface area contributed by atoms with Gasteiger partial charge in [0, 0.05) is 17.0 Å². The molecule has 4 heteroatoms. The van der Waals surface area contributed by atoms with Crippen molar-refractivity contribution in [1.82, 2.24) is 4.90 Å². The molecule has 0 bridgehead atoms. The Balaban J connectivity index is 1.44. The fourth-order valence-corrected chi connectivity index (χ4v) is 5.35. The standard InChI is InChI=1S/C18H25N3S/c1-2-8-15-14(7-1)13-19-18(20-15)22-17-10-4-3-9-16(17)21-11-5-6-12-21/h1-2,7-8,16-17H,3-6,9-13H2,(H,19,20)/t16-,17?/m1/s1. The minimum absolute atomic E-state index is 0.711. The van der Waals surface area contributed by atoms with E-state index in [-0.39, 0.29) is 0 Å². The van der Waals surface area contributed by atoms with Crippen molar-refractivity contribution in [3.63, 3.8) is 0 Å². The van der Waals surface area contributed by atoms with Crippen LogP contribution in [0.15, 0.2) is 29.3 Å². The number of fused-ring (bicyclic) bond motifs is 1. The molecule has 1 unspecified atom stereocenters. The van der Waals surface area contributed by atoms with Crippen LogP contribution in [-0.2, 0) is 6.54 Å². The second-order valence-corrected chi connectivity index (χ2v) is 7.88. The smallest absolute Gasteiger partial charge is 0.161 e. The van der Waals surface area contributed by atoms with Gasteiger partial charge in [0.2, 0.25) is 0 Å². The van der Waals surface area contributed by atoms with E-state index in [0.29, 0.717) is 5.25 Å². The number of para-hydroxylation sites is 1. The summed E-state index contributed by atoms with van der Waals surface area (Å²) in [5.74, 6) is 0. The summed E-state index contributed by atoms with van der Waals surface area (Å²) in [7, 11) is 0. The average Bonchev–Trinajstić information content (AvgIpc) is 3.10. The molecular weight excluding hydrogens is 290 g/mol. The molecule has 1 aromatic carbocycles. The van der Waals surface area contributed by atoms with Crippen molar-refractivity contribution < 1.29 is 0 Å². The van der Waals surface area contributed by atoms with Gasteiger partial charge < -0.3 is 5.32 Å². The Kier molecular flexibility index (Phi) is 4.39. The van der Waals surface area contributed by atoms with Crippen LogP contribution in [0.1, 0.15) is 44.1 Å². The normalized spacial score (nSPS) is 28.8. The Morgan fingerprint density at radius 1 is 1.05 bits per heavy atom. The van der Waals surface area contributed by atoms with Crippen molar-refractivity contribution in [3.05, 3.63) is 29.8 Å². The number of likely N-dealkylation sites (tertiary alicyclic amines) is 1. The van der Waals surface area contributed by atoms with E-state index in [1.165, 1.54) is 62.9 Å². The third-order valence-electron chi connectivity index (χ3n) is 5.19. The van der Waals surface area contributed by atoms with Crippen LogP contribution in [0.2, 0.25) is 0 Å². The Morgan fingerprint density at radius 2 is 1.86 bits per heavy atom. The summed E-state index contributed by atoms with van der Waals surface area (Å²) >= 11 is 2.00. The molecule has 1 saturated heterocycles. The predicted octanol–water partition coefficient (Wildman–Crippen LogP) is 4.11. The van der Waals surface area contributed by atoms with Crippen molar-refractivity contribution in [2.45, 2.75) is 56.4 Å². The largest absolute Gasteiger partial charge is 0.335 e. The summed E-state index contributed by atoms with van der Waals surface area (Å²) in [5.41, 5.74) is 2.56. The summed E-state index contributed by atoms with van der Waals surface area (Å²) in [6.45, 7) is 3.45. The Hall–Kier alpha value is -1.00. The lowest BCUT2D eigenvalue weighted by Crippen LogP contribution is -2.43. The number of anilines is 1. The van der Waals surface area contributed by atoms with Gasteiger partial charge in [0.05, 0.1) is 6.54 Å². The van der Waals surface area contributed by atoms with Gasteiger partial charge >= 0.3 is 0 Å². The van der Waals surface area contributed by atoms with E-state index in [1.807, 2.05) is 11.8 Å². The second kappa shape index (κ2) is 6.63. The minimum Gasteiger partial charge on any atom is -0.335 e. The van der Waals surface area contributed by atoms with Crippen molar-refractivity contribution in [2.75, 3.05) is 18.4 Å². The van der Waals surface area contributed by atoms with E-state index in [4.69, 9.17) is 4.99 Å². The summed E-state index contributed by atoms with van der Waals surface area (Å²) in [5, 5.41) is 5.40. The van der Waals surface area contributed by atoms with Gasteiger partial charge in [-0.25, -0.2) is 0 Å². The maximum Gasteiger partial charge on any atom is 0.161 e. The van der Waals surface area contributed by atoms with E-state index >= 15 is 0 Å². The van der Waals surface area contributed by atoms with Gasteiger partial charge in [-0.3, -0.25) is 9.89 Å². The molecule has 2 aliphatic heterocycles. The average molecular weight is 315 g/mol. The van der Waals surface area contributed by atoms with Crippen molar-refractivity contribution in [1.29, 1.82) is 0 Å². The van der Waals surface area contributed by atoms with Crippen LogP contribution in [0.25, 0.3) is 0 Å². The fourth-order valence-electron chi connectivity index (χ4n) is 4.01. The highest BCUT2D eigenvalue weighted by Gasteiger charge is 2.33. The molecule has 118 valence electrons. The molecule has 0 radical (unpaired) electrons. The number of thioether (sulfide) groups is 1. The molecule has 0 spiro atoms. The zero-order chi connectivity index (χ0) is 14.8. The molecule has 0 amide bonds. The first-order chi connectivity index (χ1) is 10.9. The molecule has 1 saturated carbocycles. The maximum atomic E-state index is 4.78. The predicted molar refractivity (Wildman–Crippen MR) is 95.6 cm³/mol. The summed E-state index contributed by atoms with van der Waals surface area (Å²) in [4.78, 5) is 7.52. The van der Waals surface area contributed by atoms with E-state index in [2.05, 4.69) is 34.5 Å². The number of aliphatic imine (C=N–C) groups is 1. The molecule has 2 atom stereocenters. The second-order valence-electron chi connectivity index (χ2n) is 6.65. The fraction of sp³-hybridized carbons (Fsp3) is 0.611. The number of amidine groups is 1. The molecule has 4 rings (SSSR count). The van der Waals surface area contributed by atoms with Crippen LogP contribution in [0.4, 0.5) is 5.69 Å². The molecule has 3 nitrogen and oxygen atoms in total. The number of rotatable bonds is 2. The van der Waals surface area contributed by atoms with Crippen LogP contribution >= 0.6 is 11.8 Å². The van der Waals surface area contributed by atoms with Gasteiger partial charge in [0.25, 0.3) is 0 Å². The third-order valence-corrected chi connectivity index (χ3v) is 6.50. The first kappa shape index (κ1) is 14.6. The first-order valence-corrected chi connectivity index (χ1v) is 9.58. The van der Waals surface area contributed by atoms with E-state index in [9.17, 15) is 0 Å². The zero-order valence-corrected chi connectivity index (χ0v) is 13.9. The van der Waals surface area contributed by atoms with Crippen LogP contribution in [0.5, 0.6) is 0 Å². The van der Waals surface area contributed by atoms with Crippen molar-refractivity contribution in [2.24, 2.45) is 4.99 Å². The van der Waals surface area contributed by atoms with Gasteiger partial charge in [0.15, 0.2) is 5.17 Å². The lowest BCUT2D eigenvalue weighted by atomic mass is 9.94. The van der Waals surface area contributed by atoms with Crippen molar-refractivity contribution in [3.8, 4) is 0 Å². The van der Waals surface area contributed by atoms with Gasteiger partial charge in [-0.2, -0.15) is 0 Å². The van der Waals surface area contributed by atoms with Crippen LogP contribution in [-0.4, -0.2) is 34.4 Å². The van der Waals surface area contributed by atoms with Gasteiger partial charge in [-0.1, -0.05) is 42.8 Å². The Labute approximate surface area is 137 Å². The minimum atomic E-state index is 0.711. The maximum absolute atomic E-state index is 4.78. The molecular formula is C18H25N3S. The van der Waals surface area contributed by atoms with Gasteiger partial charge in [0.1, 0.15) is 0 Å². The first-order valence-electron chi connectivity index (χ1n) is 8.70. The molecule has 1 aromatic rings. The highest BCUT2D eigenvalue weighted by Crippen LogP contribution is 2.35. The highest BCUT2D eigenvalue weighted by atomic mass is 32.2. The van der Waals surface area contributed by atoms with Crippen LogP contribution < -0.4 is 5.32 Å². The number of hydrogen-bond donors (Lipinski definition) is 1.